The second kappa shape index (κ2) is 5.46. The quantitative estimate of drug-likeness (QED) is 0.774. The summed E-state index contributed by atoms with van der Waals surface area (Å²) in [6.07, 6.45) is 2.81. The summed E-state index contributed by atoms with van der Waals surface area (Å²) in [4.78, 5) is 19.3. The molecule has 3 rings (SSSR count). The monoisotopic (exact) mass is 285 g/mol. The number of nitrogens with one attached hydrogen (secondary N) is 2. The second-order valence-corrected chi connectivity index (χ2v) is 5.52. The molecule has 0 aliphatic rings. The Morgan fingerprint density at radius 1 is 1.40 bits per heavy atom. The summed E-state index contributed by atoms with van der Waals surface area (Å²) in [5.74, 6) is -0.0945. The molecule has 1 amide bonds. The number of fused-ring (bicyclic) bond motifs is 1. The Labute approximate surface area is 120 Å². The highest BCUT2D eigenvalue weighted by molar-refractivity contribution is 7.11. The minimum absolute atomic E-state index is 0.0945. The fourth-order valence-corrected chi connectivity index (χ4v) is 2.89. The smallest absolute Gasteiger partial charge is 0.280 e. The van der Waals surface area contributed by atoms with E-state index in [1.165, 1.54) is 22.3 Å². The molecule has 0 radical (unpaired) electrons. The van der Waals surface area contributed by atoms with Crippen LogP contribution in [0.5, 0.6) is 0 Å². The summed E-state index contributed by atoms with van der Waals surface area (Å²) in [5.41, 5.74) is 3.23. The van der Waals surface area contributed by atoms with Crippen LogP contribution in [-0.2, 0) is 6.42 Å². The average molecular weight is 285 g/mol. The molecule has 5 heteroatoms. The van der Waals surface area contributed by atoms with Crippen molar-refractivity contribution in [2.24, 2.45) is 0 Å². The summed E-state index contributed by atoms with van der Waals surface area (Å²) < 4.78 is 0. The van der Waals surface area contributed by atoms with E-state index in [-0.39, 0.29) is 5.91 Å². The van der Waals surface area contributed by atoms with Crippen LogP contribution in [0.4, 0.5) is 0 Å². The molecule has 2 heterocycles. The summed E-state index contributed by atoms with van der Waals surface area (Å²) in [7, 11) is 0. The van der Waals surface area contributed by atoms with E-state index in [4.69, 9.17) is 0 Å². The third-order valence-corrected chi connectivity index (χ3v) is 4.13. The van der Waals surface area contributed by atoms with Crippen LogP contribution >= 0.6 is 11.3 Å². The van der Waals surface area contributed by atoms with Gasteiger partial charge in [0.25, 0.3) is 5.91 Å². The van der Waals surface area contributed by atoms with Crippen molar-refractivity contribution in [2.75, 3.05) is 6.54 Å². The zero-order chi connectivity index (χ0) is 13.9. The standard InChI is InChI=1S/C15H15N3OS/c1-10-9-20-15(18-10)14(19)16-7-6-11-8-17-13-5-3-2-4-12(11)13/h2-5,8-9,17H,6-7H2,1H3,(H,16,19). The van der Waals surface area contributed by atoms with Gasteiger partial charge in [-0.25, -0.2) is 4.98 Å². The third-order valence-electron chi connectivity index (χ3n) is 3.17. The minimum atomic E-state index is -0.0945. The fraction of sp³-hybridized carbons (Fsp3) is 0.200. The number of H-pyrrole nitrogens is 1. The Balaban J connectivity index is 1.61. The number of nitrogens with zero attached hydrogens (tertiary/aromatic N) is 1. The Bertz CT molecular complexity index is 744. The van der Waals surface area contributed by atoms with E-state index in [1.54, 1.807) is 0 Å². The molecule has 0 saturated carbocycles. The van der Waals surface area contributed by atoms with Crippen LogP contribution in [0, 0.1) is 6.92 Å². The number of amides is 1. The number of carbonyl (C=O) groups is 1. The number of hydrogen-bond acceptors (Lipinski definition) is 3. The molecule has 3 aromatic rings. The highest BCUT2D eigenvalue weighted by atomic mass is 32.1. The molecule has 2 N–H and O–H groups in total. The predicted octanol–water partition coefficient (Wildman–Crippen LogP) is 2.91. The molecule has 102 valence electrons. The van der Waals surface area contributed by atoms with Gasteiger partial charge in [-0.2, -0.15) is 0 Å². The first-order valence-electron chi connectivity index (χ1n) is 6.49. The molecule has 0 unspecified atom stereocenters. The van der Waals surface area contributed by atoms with Crippen molar-refractivity contribution >= 4 is 28.1 Å². The lowest BCUT2D eigenvalue weighted by Gasteiger charge is -2.02. The van der Waals surface area contributed by atoms with Crippen LogP contribution in [-0.4, -0.2) is 22.4 Å². The fourth-order valence-electron chi connectivity index (χ4n) is 2.18. The van der Waals surface area contributed by atoms with E-state index in [0.29, 0.717) is 11.6 Å². The van der Waals surface area contributed by atoms with Crippen molar-refractivity contribution < 1.29 is 4.79 Å². The molecule has 0 spiro atoms. The van der Waals surface area contributed by atoms with Gasteiger partial charge in [-0.05, 0) is 25.0 Å². The minimum Gasteiger partial charge on any atom is -0.361 e. The second-order valence-electron chi connectivity index (χ2n) is 4.66. The van der Waals surface area contributed by atoms with Gasteiger partial charge >= 0.3 is 0 Å². The van der Waals surface area contributed by atoms with Crippen LogP contribution in [0.2, 0.25) is 0 Å². The van der Waals surface area contributed by atoms with Crippen LogP contribution in [0.15, 0.2) is 35.8 Å². The van der Waals surface area contributed by atoms with Crippen molar-refractivity contribution in [2.45, 2.75) is 13.3 Å². The highest BCUT2D eigenvalue weighted by Crippen LogP contribution is 2.17. The van der Waals surface area contributed by atoms with Crippen LogP contribution in [0.1, 0.15) is 21.1 Å². The molecular formula is C15H15N3OS. The number of thiazole rings is 1. The first-order chi connectivity index (χ1) is 9.74. The lowest BCUT2D eigenvalue weighted by molar-refractivity contribution is 0.0953. The maximum atomic E-state index is 11.9. The number of aryl methyl sites for hydroxylation is 1. The zero-order valence-corrected chi connectivity index (χ0v) is 12.0. The van der Waals surface area contributed by atoms with Gasteiger partial charge in [0.2, 0.25) is 0 Å². The largest absolute Gasteiger partial charge is 0.361 e. The van der Waals surface area contributed by atoms with Crippen molar-refractivity contribution in [3.8, 4) is 0 Å². The Morgan fingerprint density at radius 3 is 3.05 bits per heavy atom. The highest BCUT2D eigenvalue weighted by Gasteiger charge is 2.09. The molecule has 0 atom stereocenters. The van der Waals surface area contributed by atoms with E-state index >= 15 is 0 Å². The summed E-state index contributed by atoms with van der Waals surface area (Å²) in [6, 6.07) is 8.18. The van der Waals surface area contributed by atoms with E-state index in [1.807, 2.05) is 30.6 Å². The van der Waals surface area contributed by atoms with Crippen LogP contribution in [0.3, 0.4) is 0 Å². The molecule has 0 aliphatic carbocycles. The van der Waals surface area contributed by atoms with Gasteiger partial charge in [0.1, 0.15) is 0 Å². The number of rotatable bonds is 4. The van der Waals surface area contributed by atoms with Gasteiger partial charge in [0.05, 0.1) is 0 Å². The number of carbonyl (C=O) groups excluding carboxylic acids is 1. The Hall–Kier alpha value is -2.14. The number of aromatic nitrogens is 2. The third kappa shape index (κ3) is 2.58. The molecule has 0 bridgehead atoms. The SMILES string of the molecule is Cc1csc(C(=O)NCCc2c[nH]c3ccccc23)n1. The van der Waals surface area contributed by atoms with Gasteiger partial charge in [-0.3, -0.25) is 4.79 Å². The van der Waals surface area contributed by atoms with Gasteiger partial charge in [-0.15, -0.1) is 11.3 Å². The molecule has 20 heavy (non-hydrogen) atoms. The number of aromatic amines is 1. The summed E-state index contributed by atoms with van der Waals surface area (Å²) >= 11 is 1.38. The van der Waals surface area contributed by atoms with E-state index in [2.05, 4.69) is 27.4 Å². The molecule has 4 nitrogen and oxygen atoms in total. The summed E-state index contributed by atoms with van der Waals surface area (Å²) in [6.45, 7) is 2.50. The first-order valence-corrected chi connectivity index (χ1v) is 7.37. The predicted molar refractivity (Wildman–Crippen MR) is 81.2 cm³/mol. The van der Waals surface area contributed by atoms with Crippen molar-refractivity contribution in [3.05, 3.63) is 52.1 Å². The molecule has 0 fully saturated rings. The number of benzene rings is 1. The molecule has 1 aromatic carbocycles. The van der Waals surface area contributed by atoms with Gasteiger partial charge in [0.15, 0.2) is 5.01 Å². The lowest BCUT2D eigenvalue weighted by Crippen LogP contribution is -2.25. The van der Waals surface area contributed by atoms with Crippen LogP contribution in [0.25, 0.3) is 10.9 Å². The number of para-hydroxylation sites is 1. The Kier molecular flexibility index (Phi) is 3.52. The van der Waals surface area contributed by atoms with Crippen molar-refractivity contribution in [1.82, 2.24) is 15.3 Å². The zero-order valence-electron chi connectivity index (χ0n) is 11.1. The molecule has 0 saturated heterocycles. The van der Waals surface area contributed by atoms with Crippen molar-refractivity contribution in [3.63, 3.8) is 0 Å². The number of hydrogen-bond donors (Lipinski definition) is 2. The first kappa shape index (κ1) is 12.9. The van der Waals surface area contributed by atoms with E-state index in [9.17, 15) is 4.79 Å². The Morgan fingerprint density at radius 2 is 2.25 bits per heavy atom. The molecule has 0 aliphatic heterocycles. The van der Waals surface area contributed by atoms with E-state index in [0.717, 1.165) is 17.6 Å². The van der Waals surface area contributed by atoms with Crippen molar-refractivity contribution in [1.29, 1.82) is 0 Å². The normalized spacial score (nSPS) is 10.8. The molecular weight excluding hydrogens is 270 g/mol. The maximum absolute atomic E-state index is 11.9. The van der Waals surface area contributed by atoms with Gasteiger partial charge in [0, 0.05) is 34.7 Å². The van der Waals surface area contributed by atoms with Gasteiger partial charge < -0.3 is 10.3 Å². The van der Waals surface area contributed by atoms with Gasteiger partial charge in [-0.1, -0.05) is 18.2 Å². The van der Waals surface area contributed by atoms with E-state index < -0.39 is 0 Å². The maximum Gasteiger partial charge on any atom is 0.280 e. The molecule has 2 aromatic heterocycles. The summed E-state index contributed by atoms with van der Waals surface area (Å²) in [5, 5.41) is 6.54. The topological polar surface area (TPSA) is 57.8 Å². The lowest BCUT2D eigenvalue weighted by atomic mass is 10.1. The van der Waals surface area contributed by atoms with Crippen LogP contribution < -0.4 is 5.32 Å². The average Bonchev–Trinajstić information content (AvgIpc) is 3.06.